The van der Waals surface area contributed by atoms with E-state index in [1.165, 1.54) is 11.1 Å². The molecule has 0 spiro atoms. The average molecular weight is 383 g/mol. The maximum atomic E-state index is 6.01. The Hall–Kier alpha value is -2.79. The van der Waals surface area contributed by atoms with Crippen LogP contribution >= 0.6 is 11.6 Å². The second-order valence-corrected chi connectivity index (χ2v) is 6.56. The van der Waals surface area contributed by atoms with E-state index < -0.39 is 0 Å². The van der Waals surface area contributed by atoms with Crippen LogP contribution in [0.2, 0.25) is 5.02 Å². The molecular weight excluding hydrogens is 360 g/mol. The predicted octanol–water partition coefficient (Wildman–Crippen LogP) is 4.45. The van der Waals surface area contributed by atoms with Gasteiger partial charge in [-0.1, -0.05) is 35.9 Å². The Morgan fingerprint density at radius 3 is 2.15 bits per heavy atom. The van der Waals surface area contributed by atoms with Crippen molar-refractivity contribution >= 4 is 23.2 Å². The highest BCUT2D eigenvalue weighted by molar-refractivity contribution is 6.30. The lowest BCUT2D eigenvalue weighted by atomic mass is 10.1. The van der Waals surface area contributed by atoms with E-state index in [0.29, 0.717) is 0 Å². The standard InChI is InChI=1S/C21H23ClN4O/c1-27-19-7-5-16(6-8-19)9-11-23-20-14-21(26-15-25-20)24-12-10-17-3-2-4-18(22)13-17/h2-8,13-15H,9-12H2,1H3,(H2,23,24,25,26). The lowest BCUT2D eigenvalue weighted by Crippen LogP contribution is -2.09. The van der Waals surface area contributed by atoms with Crippen LogP contribution in [0.5, 0.6) is 5.75 Å². The van der Waals surface area contributed by atoms with E-state index in [1.54, 1.807) is 13.4 Å². The summed E-state index contributed by atoms with van der Waals surface area (Å²) in [4.78, 5) is 8.55. The summed E-state index contributed by atoms with van der Waals surface area (Å²) in [7, 11) is 1.67. The Kier molecular flexibility index (Phi) is 6.88. The zero-order valence-corrected chi connectivity index (χ0v) is 16.0. The summed E-state index contributed by atoms with van der Waals surface area (Å²) in [6.45, 7) is 1.58. The van der Waals surface area contributed by atoms with E-state index in [1.807, 2.05) is 36.4 Å². The van der Waals surface area contributed by atoms with Crippen LogP contribution in [0.1, 0.15) is 11.1 Å². The summed E-state index contributed by atoms with van der Waals surface area (Å²) in [5.74, 6) is 2.48. The fourth-order valence-corrected chi connectivity index (χ4v) is 2.92. The minimum absolute atomic E-state index is 0.762. The Bertz CT molecular complexity index is 855. The minimum atomic E-state index is 0.762. The average Bonchev–Trinajstić information content (AvgIpc) is 2.69. The molecule has 3 rings (SSSR count). The number of rotatable bonds is 9. The van der Waals surface area contributed by atoms with Crippen LogP contribution in [0.25, 0.3) is 0 Å². The number of nitrogens with zero attached hydrogens (tertiary/aromatic N) is 2. The zero-order valence-electron chi connectivity index (χ0n) is 15.3. The monoisotopic (exact) mass is 382 g/mol. The summed E-state index contributed by atoms with van der Waals surface area (Å²) in [5, 5.41) is 7.43. The van der Waals surface area contributed by atoms with Gasteiger partial charge in [-0.3, -0.25) is 0 Å². The van der Waals surface area contributed by atoms with Crippen molar-refractivity contribution < 1.29 is 4.74 Å². The van der Waals surface area contributed by atoms with Gasteiger partial charge in [0.05, 0.1) is 7.11 Å². The van der Waals surface area contributed by atoms with Crippen molar-refractivity contribution in [1.82, 2.24) is 9.97 Å². The molecule has 1 aromatic heterocycles. The lowest BCUT2D eigenvalue weighted by Gasteiger charge is -2.09. The van der Waals surface area contributed by atoms with Crippen LogP contribution < -0.4 is 15.4 Å². The number of ether oxygens (including phenoxy) is 1. The van der Waals surface area contributed by atoms with E-state index in [9.17, 15) is 0 Å². The van der Waals surface area contributed by atoms with E-state index in [-0.39, 0.29) is 0 Å². The van der Waals surface area contributed by atoms with Gasteiger partial charge in [-0.15, -0.1) is 0 Å². The minimum Gasteiger partial charge on any atom is -0.497 e. The molecule has 0 saturated carbocycles. The second-order valence-electron chi connectivity index (χ2n) is 6.12. The Morgan fingerprint density at radius 1 is 0.852 bits per heavy atom. The summed E-state index contributed by atoms with van der Waals surface area (Å²) in [6, 6.07) is 17.9. The summed E-state index contributed by atoms with van der Waals surface area (Å²) in [6.07, 6.45) is 3.35. The van der Waals surface area contributed by atoms with Gasteiger partial charge in [0.2, 0.25) is 0 Å². The fourth-order valence-electron chi connectivity index (χ4n) is 2.71. The number of halogens is 1. The molecule has 0 bridgehead atoms. The molecule has 0 aliphatic rings. The molecule has 0 aliphatic heterocycles. The number of aromatic nitrogens is 2. The van der Waals surface area contributed by atoms with Crippen molar-refractivity contribution in [2.75, 3.05) is 30.8 Å². The van der Waals surface area contributed by atoms with Gasteiger partial charge in [0, 0.05) is 24.2 Å². The Labute approximate surface area is 164 Å². The molecule has 0 saturated heterocycles. The molecular formula is C21H23ClN4O. The first-order valence-electron chi connectivity index (χ1n) is 8.90. The van der Waals surface area contributed by atoms with Crippen molar-refractivity contribution in [3.63, 3.8) is 0 Å². The first-order valence-corrected chi connectivity index (χ1v) is 9.28. The SMILES string of the molecule is COc1ccc(CCNc2cc(NCCc3cccc(Cl)c3)ncn2)cc1. The van der Waals surface area contributed by atoms with Gasteiger partial charge >= 0.3 is 0 Å². The third kappa shape index (κ3) is 6.15. The number of methoxy groups -OCH3 is 1. The second kappa shape index (κ2) is 9.78. The van der Waals surface area contributed by atoms with Crippen molar-refractivity contribution in [3.8, 4) is 5.75 Å². The molecule has 0 fully saturated rings. The third-order valence-electron chi connectivity index (χ3n) is 4.15. The number of hydrogen-bond donors (Lipinski definition) is 2. The van der Waals surface area contributed by atoms with Crippen LogP contribution in [0.4, 0.5) is 11.6 Å². The molecule has 0 unspecified atom stereocenters. The quantitative estimate of drug-likeness (QED) is 0.572. The number of anilines is 2. The topological polar surface area (TPSA) is 59.1 Å². The zero-order chi connectivity index (χ0) is 18.9. The first kappa shape index (κ1) is 19.0. The number of benzene rings is 2. The van der Waals surface area contributed by atoms with E-state index in [4.69, 9.17) is 16.3 Å². The molecule has 5 nitrogen and oxygen atoms in total. The van der Waals surface area contributed by atoms with Crippen molar-refractivity contribution in [2.24, 2.45) is 0 Å². The molecule has 0 aliphatic carbocycles. The highest BCUT2D eigenvalue weighted by Gasteiger charge is 2.00. The fraction of sp³-hybridized carbons (Fsp3) is 0.238. The smallest absolute Gasteiger partial charge is 0.131 e. The molecule has 0 atom stereocenters. The van der Waals surface area contributed by atoms with Crippen LogP contribution in [0.3, 0.4) is 0 Å². The normalized spacial score (nSPS) is 10.4. The van der Waals surface area contributed by atoms with Crippen LogP contribution in [-0.4, -0.2) is 30.2 Å². The molecule has 27 heavy (non-hydrogen) atoms. The predicted molar refractivity (Wildman–Crippen MR) is 111 cm³/mol. The van der Waals surface area contributed by atoms with Gasteiger partial charge in [0.25, 0.3) is 0 Å². The van der Waals surface area contributed by atoms with Crippen molar-refractivity contribution in [3.05, 3.63) is 77.1 Å². The summed E-state index contributed by atoms with van der Waals surface area (Å²) in [5.41, 5.74) is 2.44. The van der Waals surface area contributed by atoms with E-state index in [0.717, 1.165) is 48.3 Å². The molecule has 0 amide bonds. The Balaban J connectivity index is 1.45. The molecule has 1 heterocycles. The molecule has 2 N–H and O–H groups in total. The number of hydrogen-bond acceptors (Lipinski definition) is 5. The Morgan fingerprint density at radius 2 is 1.52 bits per heavy atom. The van der Waals surface area contributed by atoms with Crippen molar-refractivity contribution in [1.29, 1.82) is 0 Å². The lowest BCUT2D eigenvalue weighted by molar-refractivity contribution is 0.414. The molecule has 3 aromatic rings. The van der Waals surface area contributed by atoms with Crippen LogP contribution in [0.15, 0.2) is 60.9 Å². The largest absolute Gasteiger partial charge is 0.497 e. The van der Waals surface area contributed by atoms with Gasteiger partial charge in [-0.25, -0.2) is 9.97 Å². The van der Waals surface area contributed by atoms with E-state index >= 15 is 0 Å². The highest BCUT2D eigenvalue weighted by atomic mass is 35.5. The molecule has 6 heteroatoms. The summed E-state index contributed by atoms with van der Waals surface area (Å²) >= 11 is 6.01. The summed E-state index contributed by atoms with van der Waals surface area (Å²) < 4.78 is 5.18. The first-order chi connectivity index (χ1) is 13.2. The van der Waals surface area contributed by atoms with Gasteiger partial charge < -0.3 is 15.4 Å². The van der Waals surface area contributed by atoms with Crippen LogP contribution in [-0.2, 0) is 12.8 Å². The maximum Gasteiger partial charge on any atom is 0.131 e. The highest BCUT2D eigenvalue weighted by Crippen LogP contribution is 2.14. The van der Waals surface area contributed by atoms with E-state index in [2.05, 4.69) is 38.8 Å². The third-order valence-corrected chi connectivity index (χ3v) is 4.39. The van der Waals surface area contributed by atoms with Crippen molar-refractivity contribution in [2.45, 2.75) is 12.8 Å². The number of nitrogens with one attached hydrogen (secondary N) is 2. The van der Waals surface area contributed by atoms with Gasteiger partial charge in [0.1, 0.15) is 23.7 Å². The van der Waals surface area contributed by atoms with Gasteiger partial charge in [-0.2, -0.15) is 0 Å². The molecule has 0 radical (unpaired) electrons. The molecule has 2 aromatic carbocycles. The maximum absolute atomic E-state index is 6.01. The molecule has 140 valence electrons. The van der Waals surface area contributed by atoms with Gasteiger partial charge in [0.15, 0.2) is 0 Å². The van der Waals surface area contributed by atoms with Gasteiger partial charge in [-0.05, 0) is 48.2 Å². The van der Waals surface area contributed by atoms with Crippen LogP contribution in [0, 0.1) is 0 Å².